The van der Waals surface area contributed by atoms with E-state index in [1.54, 1.807) is 23.5 Å². The molecular weight excluding hydrogens is 368 g/mol. The Labute approximate surface area is 159 Å². The maximum absolute atomic E-state index is 13.1. The molecule has 140 valence electrons. The van der Waals surface area contributed by atoms with Crippen LogP contribution in [0.15, 0.2) is 34.5 Å². The molecule has 1 aromatic carbocycles. The SMILES string of the molecule is CCN(CC)S(=O)(=O)c1ccc(C)c(C(=O)N2CCc3sccc3C2)c1. The quantitative estimate of drug-likeness (QED) is 0.785. The summed E-state index contributed by atoms with van der Waals surface area (Å²) in [5, 5.41) is 2.06. The Morgan fingerprint density at radius 1 is 1.23 bits per heavy atom. The number of rotatable bonds is 5. The minimum Gasteiger partial charge on any atom is -0.334 e. The van der Waals surface area contributed by atoms with Crippen LogP contribution in [-0.4, -0.2) is 43.2 Å². The van der Waals surface area contributed by atoms with E-state index in [0.29, 0.717) is 31.7 Å². The van der Waals surface area contributed by atoms with Crippen LogP contribution in [0.5, 0.6) is 0 Å². The lowest BCUT2D eigenvalue weighted by Gasteiger charge is -2.28. The molecular formula is C19H24N2O3S2. The van der Waals surface area contributed by atoms with Crippen molar-refractivity contribution in [3.05, 3.63) is 51.2 Å². The van der Waals surface area contributed by atoms with Gasteiger partial charge in [0.15, 0.2) is 0 Å². The number of fused-ring (bicyclic) bond motifs is 1. The third-order valence-corrected chi connectivity index (χ3v) is 7.95. The molecule has 0 N–H and O–H groups in total. The van der Waals surface area contributed by atoms with Gasteiger partial charge >= 0.3 is 0 Å². The molecule has 0 aliphatic carbocycles. The summed E-state index contributed by atoms with van der Waals surface area (Å²) in [7, 11) is -3.58. The summed E-state index contributed by atoms with van der Waals surface area (Å²) in [6.07, 6.45) is 0.856. The Morgan fingerprint density at radius 3 is 2.65 bits per heavy atom. The van der Waals surface area contributed by atoms with E-state index in [1.807, 2.05) is 25.7 Å². The van der Waals surface area contributed by atoms with Crippen LogP contribution < -0.4 is 0 Å². The van der Waals surface area contributed by atoms with Crippen molar-refractivity contribution >= 4 is 27.3 Å². The summed E-state index contributed by atoms with van der Waals surface area (Å²) >= 11 is 1.73. The van der Waals surface area contributed by atoms with Crippen LogP contribution in [0.25, 0.3) is 0 Å². The minimum absolute atomic E-state index is 0.101. The number of benzene rings is 1. The van der Waals surface area contributed by atoms with E-state index in [-0.39, 0.29) is 10.8 Å². The van der Waals surface area contributed by atoms with Crippen LogP contribution >= 0.6 is 11.3 Å². The summed E-state index contributed by atoms with van der Waals surface area (Å²) in [5.74, 6) is -0.101. The summed E-state index contributed by atoms with van der Waals surface area (Å²) in [6, 6.07) is 6.92. The first kappa shape index (κ1) is 19.1. The van der Waals surface area contributed by atoms with Gasteiger partial charge < -0.3 is 4.90 Å². The van der Waals surface area contributed by atoms with Crippen molar-refractivity contribution in [3.8, 4) is 0 Å². The van der Waals surface area contributed by atoms with Crippen LogP contribution in [0, 0.1) is 6.92 Å². The minimum atomic E-state index is -3.58. The molecule has 0 saturated carbocycles. The molecule has 26 heavy (non-hydrogen) atoms. The van der Waals surface area contributed by atoms with Gasteiger partial charge in [0.05, 0.1) is 4.90 Å². The number of nitrogens with zero attached hydrogens (tertiary/aromatic N) is 2. The highest BCUT2D eigenvalue weighted by molar-refractivity contribution is 7.89. The summed E-state index contributed by atoms with van der Waals surface area (Å²) in [5.41, 5.74) is 2.46. The van der Waals surface area contributed by atoms with Crippen molar-refractivity contribution in [2.24, 2.45) is 0 Å². The lowest BCUT2D eigenvalue weighted by Crippen LogP contribution is -2.36. The number of hydrogen-bond donors (Lipinski definition) is 0. The molecule has 5 nitrogen and oxygen atoms in total. The molecule has 2 heterocycles. The first-order chi connectivity index (χ1) is 12.4. The van der Waals surface area contributed by atoms with Crippen LogP contribution in [0.4, 0.5) is 0 Å². The Bertz CT molecular complexity index is 915. The van der Waals surface area contributed by atoms with E-state index < -0.39 is 10.0 Å². The predicted octanol–water partition coefficient (Wildman–Crippen LogP) is 3.29. The van der Waals surface area contributed by atoms with Crippen molar-refractivity contribution in [1.29, 1.82) is 0 Å². The molecule has 1 amide bonds. The monoisotopic (exact) mass is 392 g/mol. The second-order valence-electron chi connectivity index (χ2n) is 6.41. The topological polar surface area (TPSA) is 57.7 Å². The molecule has 0 atom stereocenters. The van der Waals surface area contributed by atoms with Gasteiger partial charge in [0.25, 0.3) is 5.91 Å². The van der Waals surface area contributed by atoms with Gasteiger partial charge in [-0.15, -0.1) is 11.3 Å². The summed E-state index contributed by atoms with van der Waals surface area (Å²) in [4.78, 5) is 16.4. The fourth-order valence-electron chi connectivity index (χ4n) is 3.30. The molecule has 3 rings (SSSR count). The fraction of sp³-hybridized carbons (Fsp3) is 0.421. The largest absolute Gasteiger partial charge is 0.334 e. The number of hydrogen-bond acceptors (Lipinski definition) is 4. The third kappa shape index (κ3) is 3.43. The summed E-state index contributed by atoms with van der Waals surface area (Å²) in [6.45, 7) is 7.54. The predicted molar refractivity (Wildman–Crippen MR) is 104 cm³/mol. The van der Waals surface area contributed by atoms with Crippen molar-refractivity contribution in [2.75, 3.05) is 19.6 Å². The Hall–Kier alpha value is -1.70. The molecule has 0 bridgehead atoms. The van der Waals surface area contributed by atoms with Gasteiger partial charge in [0.2, 0.25) is 10.0 Å². The first-order valence-corrected chi connectivity index (χ1v) is 11.2. The van der Waals surface area contributed by atoms with E-state index in [1.165, 1.54) is 20.8 Å². The maximum Gasteiger partial charge on any atom is 0.254 e. The van der Waals surface area contributed by atoms with Gasteiger partial charge in [0.1, 0.15) is 0 Å². The fourth-order valence-corrected chi connectivity index (χ4v) is 5.67. The van der Waals surface area contributed by atoms with E-state index >= 15 is 0 Å². The standard InChI is InChI=1S/C19H24N2O3S2/c1-4-21(5-2)26(23,24)16-7-6-14(3)17(12-16)19(22)20-10-8-18-15(13-20)9-11-25-18/h6-7,9,11-12H,4-5,8,10,13H2,1-3H3. The average molecular weight is 393 g/mol. The second kappa shape index (κ2) is 7.50. The van der Waals surface area contributed by atoms with Gasteiger partial charge in [0, 0.05) is 36.6 Å². The normalized spacial score (nSPS) is 14.5. The number of amides is 1. The lowest BCUT2D eigenvalue weighted by molar-refractivity contribution is 0.0735. The van der Waals surface area contributed by atoms with Crippen molar-refractivity contribution in [3.63, 3.8) is 0 Å². The van der Waals surface area contributed by atoms with Crippen LogP contribution in [0.3, 0.4) is 0 Å². The first-order valence-electron chi connectivity index (χ1n) is 8.83. The van der Waals surface area contributed by atoms with Crippen LogP contribution in [0.1, 0.15) is 40.2 Å². The molecule has 2 aromatic rings. The van der Waals surface area contributed by atoms with Gasteiger partial charge in [-0.1, -0.05) is 19.9 Å². The highest BCUT2D eigenvalue weighted by atomic mass is 32.2. The van der Waals surface area contributed by atoms with Crippen molar-refractivity contribution in [1.82, 2.24) is 9.21 Å². The summed E-state index contributed by atoms with van der Waals surface area (Å²) < 4.78 is 27.0. The lowest BCUT2D eigenvalue weighted by atomic mass is 10.0. The highest BCUT2D eigenvalue weighted by Crippen LogP contribution is 2.27. The van der Waals surface area contributed by atoms with E-state index in [0.717, 1.165) is 12.0 Å². The number of carbonyl (C=O) groups is 1. The van der Waals surface area contributed by atoms with E-state index in [2.05, 4.69) is 11.4 Å². The molecule has 7 heteroatoms. The Balaban J connectivity index is 1.92. The Morgan fingerprint density at radius 2 is 1.96 bits per heavy atom. The zero-order valence-corrected chi connectivity index (χ0v) is 17.0. The molecule has 0 fully saturated rings. The second-order valence-corrected chi connectivity index (χ2v) is 9.35. The number of thiophene rings is 1. The van der Waals surface area contributed by atoms with Crippen LogP contribution in [-0.2, 0) is 23.0 Å². The van der Waals surface area contributed by atoms with Crippen molar-refractivity contribution < 1.29 is 13.2 Å². The van der Waals surface area contributed by atoms with E-state index in [4.69, 9.17) is 0 Å². The highest BCUT2D eigenvalue weighted by Gasteiger charge is 2.27. The van der Waals surface area contributed by atoms with Gasteiger partial charge in [-0.25, -0.2) is 8.42 Å². The van der Waals surface area contributed by atoms with Crippen LogP contribution in [0.2, 0.25) is 0 Å². The zero-order chi connectivity index (χ0) is 18.9. The number of carbonyl (C=O) groups excluding carboxylic acids is 1. The molecule has 0 saturated heterocycles. The number of aryl methyl sites for hydroxylation is 1. The molecule has 1 aromatic heterocycles. The number of sulfonamides is 1. The molecule has 1 aliphatic rings. The van der Waals surface area contributed by atoms with Crippen molar-refractivity contribution in [2.45, 2.75) is 38.6 Å². The van der Waals surface area contributed by atoms with Gasteiger partial charge in [-0.2, -0.15) is 4.31 Å². The smallest absolute Gasteiger partial charge is 0.254 e. The van der Waals surface area contributed by atoms with E-state index in [9.17, 15) is 13.2 Å². The van der Waals surface area contributed by atoms with Gasteiger partial charge in [-0.3, -0.25) is 4.79 Å². The molecule has 1 aliphatic heterocycles. The molecule has 0 radical (unpaired) electrons. The average Bonchev–Trinajstić information content (AvgIpc) is 3.09. The molecule has 0 unspecified atom stereocenters. The zero-order valence-electron chi connectivity index (χ0n) is 15.4. The van der Waals surface area contributed by atoms with Gasteiger partial charge in [-0.05, 0) is 48.1 Å². The maximum atomic E-state index is 13.1. The third-order valence-electron chi connectivity index (χ3n) is 4.88. The Kier molecular flexibility index (Phi) is 5.50. The molecule has 0 spiro atoms.